The first kappa shape index (κ1) is 22.8. The van der Waals surface area contributed by atoms with E-state index in [-0.39, 0.29) is 11.5 Å². The van der Waals surface area contributed by atoms with Gasteiger partial charge in [-0.15, -0.1) is 0 Å². The molecule has 0 saturated carbocycles. The van der Waals surface area contributed by atoms with Crippen LogP contribution in [0.1, 0.15) is 5.56 Å². The van der Waals surface area contributed by atoms with E-state index in [1.54, 1.807) is 32.7 Å². The fraction of sp³-hybridized carbons (Fsp3) is 0.185. The summed E-state index contributed by atoms with van der Waals surface area (Å²) in [6.07, 6.45) is 7.54. The molecule has 35 heavy (non-hydrogen) atoms. The van der Waals surface area contributed by atoms with Crippen LogP contribution in [-0.4, -0.2) is 43.1 Å². The molecule has 0 radical (unpaired) electrons. The molecule has 0 amide bonds. The number of aromatic nitrogens is 1. The van der Waals surface area contributed by atoms with E-state index in [2.05, 4.69) is 10.3 Å². The van der Waals surface area contributed by atoms with Gasteiger partial charge in [0.25, 0.3) is 0 Å². The Kier molecular flexibility index (Phi) is 6.09. The van der Waals surface area contributed by atoms with Gasteiger partial charge in [0.1, 0.15) is 5.82 Å². The van der Waals surface area contributed by atoms with Gasteiger partial charge < -0.3 is 24.3 Å². The number of hydrogen-bond donors (Lipinski definition) is 1. The molecule has 0 spiro atoms. The van der Waals surface area contributed by atoms with Gasteiger partial charge in [0.05, 0.1) is 32.1 Å². The van der Waals surface area contributed by atoms with Gasteiger partial charge in [0.2, 0.25) is 0 Å². The molecular formula is C27H25ClN4O3. The van der Waals surface area contributed by atoms with Crippen LogP contribution < -0.4 is 10.7 Å². The predicted molar refractivity (Wildman–Crippen MR) is 139 cm³/mol. The number of nitrogens with zero attached hydrogens (tertiary/aromatic N) is 3. The molecule has 1 aromatic heterocycles. The van der Waals surface area contributed by atoms with E-state index in [9.17, 15) is 4.79 Å². The maximum Gasteiger partial charge on any atom is 0.194 e. The molecule has 1 atom stereocenters. The number of hydrogen-bond acceptors (Lipinski definition) is 6. The van der Waals surface area contributed by atoms with Gasteiger partial charge in [-0.3, -0.25) is 4.79 Å². The Morgan fingerprint density at radius 3 is 2.60 bits per heavy atom. The van der Waals surface area contributed by atoms with Gasteiger partial charge in [-0.1, -0.05) is 29.8 Å². The number of aliphatic imine (C=N–C) groups is 1. The van der Waals surface area contributed by atoms with Crippen LogP contribution in [0.3, 0.4) is 0 Å². The quantitative estimate of drug-likeness (QED) is 0.558. The SMILES string of the molecule is COC1=CC2=C(NCc3cn(-c4ccccc4)c4cc(Cl)ccc4c3=O)N=CN(C)C2C=C1OC. The zero-order valence-electron chi connectivity index (χ0n) is 19.7. The number of methoxy groups -OCH3 is 2. The van der Waals surface area contributed by atoms with Crippen LogP contribution in [0.25, 0.3) is 16.6 Å². The monoisotopic (exact) mass is 488 g/mol. The third kappa shape index (κ3) is 4.19. The second kappa shape index (κ2) is 9.35. The second-order valence-corrected chi connectivity index (χ2v) is 8.75. The molecule has 178 valence electrons. The Balaban J connectivity index is 1.56. The van der Waals surface area contributed by atoms with Crippen LogP contribution in [0.5, 0.6) is 0 Å². The first-order valence-corrected chi connectivity index (χ1v) is 11.5. The molecule has 2 aromatic carbocycles. The normalized spacial score (nSPS) is 17.1. The number of para-hydroxylation sites is 1. The summed E-state index contributed by atoms with van der Waals surface area (Å²) in [5.41, 5.74) is 3.20. The van der Waals surface area contributed by atoms with Gasteiger partial charge in [0, 0.05) is 47.0 Å². The first-order valence-electron chi connectivity index (χ1n) is 11.2. The van der Waals surface area contributed by atoms with Gasteiger partial charge in [-0.05, 0) is 42.5 Å². The van der Waals surface area contributed by atoms with Crippen LogP contribution in [-0.2, 0) is 16.0 Å². The zero-order chi connectivity index (χ0) is 24.5. The van der Waals surface area contributed by atoms with Crippen molar-refractivity contribution in [2.45, 2.75) is 12.6 Å². The van der Waals surface area contributed by atoms with E-state index in [0.29, 0.717) is 39.9 Å². The molecule has 2 heterocycles. The largest absolute Gasteiger partial charge is 0.493 e. The summed E-state index contributed by atoms with van der Waals surface area (Å²) < 4.78 is 13.0. The van der Waals surface area contributed by atoms with E-state index in [1.807, 2.05) is 71.3 Å². The van der Waals surface area contributed by atoms with Crippen molar-refractivity contribution in [1.82, 2.24) is 14.8 Å². The third-order valence-electron chi connectivity index (χ3n) is 6.20. The Labute approximate surface area is 208 Å². The van der Waals surface area contributed by atoms with Crippen molar-refractivity contribution < 1.29 is 9.47 Å². The minimum atomic E-state index is -0.0661. The maximum atomic E-state index is 13.4. The molecule has 0 fully saturated rings. The molecule has 1 aliphatic heterocycles. The molecule has 2 aliphatic rings. The van der Waals surface area contributed by atoms with Crippen LogP contribution >= 0.6 is 11.6 Å². The van der Waals surface area contributed by atoms with E-state index in [4.69, 9.17) is 21.1 Å². The summed E-state index contributed by atoms with van der Waals surface area (Å²) in [6.45, 7) is 0.299. The molecule has 8 heteroatoms. The highest BCUT2D eigenvalue weighted by atomic mass is 35.5. The average molecular weight is 489 g/mol. The molecular weight excluding hydrogens is 464 g/mol. The van der Waals surface area contributed by atoms with Crippen LogP contribution in [0.4, 0.5) is 0 Å². The molecule has 0 saturated heterocycles. The fourth-order valence-electron chi connectivity index (χ4n) is 4.39. The number of likely N-dealkylation sites (N-methyl/N-ethyl adjacent to an activating group) is 1. The smallest absolute Gasteiger partial charge is 0.194 e. The van der Waals surface area contributed by atoms with Gasteiger partial charge in [-0.2, -0.15) is 0 Å². The van der Waals surface area contributed by atoms with Crippen LogP contribution in [0, 0.1) is 0 Å². The maximum absolute atomic E-state index is 13.4. The second-order valence-electron chi connectivity index (χ2n) is 8.31. The first-order chi connectivity index (χ1) is 17.0. The molecule has 1 aliphatic carbocycles. The van der Waals surface area contributed by atoms with Gasteiger partial charge in [0.15, 0.2) is 16.9 Å². The Morgan fingerprint density at radius 1 is 1.09 bits per heavy atom. The van der Waals surface area contributed by atoms with Crippen molar-refractivity contribution >= 4 is 28.8 Å². The van der Waals surface area contributed by atoms with Gasteiger partial charge >= 0.3 is 0 Å². The molecule has 3 aromatic rings. The van der Waals surface area contributed by atoms with Gasteiger partial charge in [-0.25, -0.2) is 4.99 Å². The Morgan fingerprint density at radius 2 is 1.86 bits per heavy atom. The number of ether oxygens (including phenoxy) is 2. The summed E-state index contributed by atoms with van der Waals surface area (Å²) in [7, 11) is 5.18. The number of halogens is 1. The Bertz CT molecular complexity index is 1470. The van der Waals surface area contributed by atoms with Crippen molar-refractivity contribution in [3.63, 3.8) is 0 Å². The molecule has 5 rings (SSSR count). The standard InChI is InChI=1S/C27H25ClN4O3/c1-31-16-30-27(21-12-24(34-2)25(35-3)13-22(21)31)29-14-17-15-32(19-7-5-4-6-8-19)23-11-18(28)9-10-20(23)26(17)33/h4-13,15-16,22,29H,14H2,1-3H3. The number of rotatable bonds is 6. The molecule has 1 unspecified atom stereocenters. The lowest BCUT2D eigenvalue weighted by molar-refractivity contribution is 0.213. The van der Waals surface area contributed by atoms with Crippen LogP contribution in [0.2, 0.25) is 5.02 Å². The topological polar surface area (TPSA) is 68.1 Å². The Hall–Kier alpha value is -3.97. The van der Waals surface area contributed by atoms with E-state index < -0.39 is 0 Å². The lowest BCUT2D eigenvalue weighted by atomic mass is 9.97. The van der Waals surface area contributed by atoms with Crippen molar-refractivity contribution in [3.8, 4) is 5.69 Å². The van der Waals surface area contributed by atoms with Crippen molar-refractivity contribution in [1.29, 1.82) is 0 Å². The molecule has 1 N–H and O–H groups in total. The van der Waals surface area contributed by atoms with Crippen molar-refractivity contribution in [2.75, 3.05) is 21.3 Å². The van der Waals surface area contributed by atoms with E-state index >= 15 is 0 Å². The summed E-state index contributed by atoms with van der Waals surface area (Å²) in [4.78, 5) is 20.0. The minimum Gasteiger partial charge on any atom is -0.493 e. The molecule has 0 bridgehead atoms. The highest BCUT2D eigenvalue weighted by Crippen LogP contribution is 2.30. The highest BCUT2D eigenvalue weighted by molar-refractivity contribution is 6.31. The lowest BCUT2D eigenvalue weighted by Crippen LogP contribution is -2.38. The number of benzene rings is 2. The fourth-order valence-corrected chi connectivity index (χ4v) is 4.56. The highest BCUT2D eigenvalue weighted by Gasteiger charge is 2.28. The number of fused-ring (bicyclic) bond motifs is 2. The summed E-state index contributed by atoms with van der Waals surface area (Å²) in [6, 6.07) is 15.2. The summed E-state index contributed by atoms with van der Waals surface area (Å²) in [5.74, 6) is 1.97. The predicted octanol–water partition coefficient (Wildman–Crippen LogP) is 4.36. The van der Waals surface area contributed by atoms with E-state index in [0.717, 1.165) is 16.8 Å². The lowest BCUT2D eigenvalue weighted by Gasteiger charge is -2.33. The summed E-state index contributed by atoms with van der Waals surface area (Å²) >= 11 is 6.27. The molecule has 7 nitrogen and oxygen atoms in total. The summed E-state index contributed by atoms with van der Waals surface area (Å²) in [5, 5.41) is 4.56. The van der Waals surface area contributed by atoms with E-state index in [1.165, 1.54) is 0 Å². The minimum absolute atomic E-state index is 0.0475. The van der Waals surface area contributed by atoms with Crippen molar-refractivity contribution in [3.05, 3.63) is 111 Å². The van der Waals surface area contributed by atoms with Crippen molar-refractivity contribution in [2.24, 2.45) is 4.99 Å². The third-order valence-corrected chi connectivity index (χ3v) is 6.43. The average Bonchev–Trinajstić information content (AvgIpc) is 2.89. The number of nitrogens with one attached hydrogen (secondary N) is 1. The van der Waals surface area contributed by atoms with Crippen LogP contribution in [0.15, 0.2) is 99.6 Å². The zero-order valence-corrected chi connectivity index (χ0v) is 20.4. The number of pyridine rings is 1.